The van der Waals surface area contributed by atoms with Gasteiger partial charge in [0.15, 0.2) is 17.6 Å². The maximum Gasteiger partial charge on any atom is 0.265 e. The number of fused-ring (bicyclic) bond motifs is 1. The van der Waals surface area contributed by atoms with Crippen LogP contribution in [-0.4, -0.2) is 25.2 Å². The molecule has 3 rings (SSSR count). The van der Waals surface area contributed by atoms with Gasteiger partial charge in [0.25, 0.3) is 5.91 Å². The Bertz CT molecular complexity index is 719. The van der Waals surface area contributed by atoms with Gasteiger partial charge in [-0.15, -0.1) is 0 Å². The second kappa shape index (κ2) is 6.79. The molecule has 1 heterocycles. The topological polar surface area (TPSA) is 56.8 Å². The Morgan fingerprint density at radius 3 is 2.74 bits per heavy atom. The molecule has 0 spiro atoms. The molecule has 1 unspecified atom stereocenters. The first-order valence-electron chi connectivity index (χ1n) is 7.24. The van der Waals surface area contributed by atoms with Gasteiger partial charge < -0.3 is 19.5 Å². The third-order valence-corrected chi connectivity index (χ3v) is 3.52. The Hall–Kier alpha value is -2.40. The van der Waals surface area contributed by atoms with Crippen LogP contribution in [-0.2, 0) is 4.79 Å². The van der Waals surface area contributed by atoms with Gasteiger partial charge in [0.1, 0.15) is 19.0 Å². The summed E-state index contributed by atoms with van der Waals surface area (Å²) in [6.45, 7) is 2.70. The predicted octanol–water partition coefficient (Wildman–Crippen LogP) is 3.52. The summed E-state index contributed by atoms with van der Waals surface area (Å²) in [5.41, 5.74) is 0.626. The largest absolute Gasteiger partial charge is 0.486 e. The summed E-state index contributed by atoms with van der Waals surface area (Å²) < 4.78 is 16.5. The second-order valence-electron chi connectivity index (χ2n) is 5.07. The number of benzene rings is 2. The van der Waals surface area contributed by atoms with Crippen molar-refractivity contribution < 1.29 is 19.0 Å². The van der Waals surface area contributed by atoms with E-state index in [2.05, 4.69) is 5.32 Å². The highest BCUT2D eigenvalue weighted by Gasteiger charge is 2.17. The number of carbonyl (C=O) groups is 1. The van der Waals surface area contributed by atoms with E-state index < -0.39 is 6.10 Å². The van der Waals surface area contributed by atoms with E-state index in [0.717, 1.165) is 0 Å². The number of ether oxygens (including phenoxy) is 3. The predicted molar refractivity (Wildman–Crippen MR) is 87.6 cm³/mol. The summed E-state index contributed by atoms with van der Waals surface area (Å²) in [5, 5.41) is 3.35. The van der Waals surface area contributed by atoms with Gasteiger partial charge in [-0.25, -0.2) is 0 Å². The maximum atomic E-state index is 12.2. The molecular weight excluding hydrogens is 318 g/mol. The van der Waals surface area contributed by atoms with E-state index >= 15 is 0 Å². The van der Waals surface area contributed by atoms with E-state index in [4.69, 9.17) is 25.8 Å². The van der Waals surface area contributed by atoms with Crippen molar-refractivity contribution in [2.45, 2.75) is 13.0 Å². The van der Waals surface area contributed by atoms with Gasteiger partial charge in [-0.3, -0.25) is 4.79 Å². The van der Waals surface area contributed by atoms with Gasteiger partial charge in [0.2, 0.25) is 0 Å². The van der Waals surface area contributed by atoms with Crippen LogP contribution in [0.1, 0.15) is 6.92 Å². The van der Waals surface area contributed by atoms with E-state index in [-0.39, 0.29) is 5.91 Å². The molecule has 6 heteroatoms. The Balaban J connectivity index is 1.64. The Kier molecular flexibility index (Phi) is 4.57. The lowest BCUT2D eigenvalue weighted by Gasteiger charge is -2.19. The monoisotopic (exact) mass is 333 g/mol. The molecule has 0 saturated heterocycles. The van der Waals surface area contributed by atoms with E-state index in [0.29, 0.717) is 41.2 Å². The molecule has 1 atom stereocenters. The first kappa shape index (κ1) is 15.5. The van der Waals surface area contributed by atoms with Crippen molar-refractivity contribution >= 4 is 23.2 Å². The van der Waals surface area contributed by atoms with Crippen LogP contribution in [0.5, 0.6) is 17.2 Å². The van der Waals surface area contributed by atoms with Crippen LogP contribution in [0.4, 0.5) is 5.69 Å². The number of nitrogens with one attached hydrogen (secondary N) is 1. The fraction of sp³-hybridized carbons (Fsp3) is 0.235. The van der Waals surface area contributed by atoms with Crippen LogP contribution in [0.2, 0.25) is 5.02 Å². The van der Waals surface area contributed by atoms with Gasteiger partial charge >= 0.3 is 0 Å². The first-order chi connectivity index (χ1) is 11.1. The van der Waals surface area contributed by atoms with Crippen LogP contribution >= 0.6 is 11.6 Å². The molecule has 0 bridgehead atoms. The lowest BCUT2D eigenvalue weighted by molar-refractivity contribution is -0.122. The average molecular weight is 334 g/mol. The van der Waals surface area contributed by atoms with Gasteiger partial charge in [0.05, 0.1) is 0 Å². The molecule has 1 aliphatic heterocycles. The Morgan fingerprint density at radius 2 is 1.96 bits per heavy atom. The molecule has 1 amide bonds. The molecule has 120 valence electrons. The number of hydrogen-bond acceptors (Lipinski definition) is 4. The fourth-order valence-electron chi connectivity index (χ4n) is 2.16. The number of amides is 1. The molecule has 1 N–H and O–H groups in total. The molecule has 2 aromatic rings. The van der Waals surface area contributed by atoms with E-state index in [9.17, 15) is 4.79 Å². The highest BCUT2D eigenvalue weighted by atomic mass is 35.5. The van der Waals surface area contributed by atoms with Gasteiger partial charge in [-0.2, -0.15) is 0 Å². The number of rotatable bonds is 4. The first-order valence-corrected chi connectivity index (χ1v) is 7.62. The number of halogens is 1. The van der Waals surface area contributed by atoms with Crippen LogP contribution in [0, 0.1) is 0 Å². The molecule has 2 aromatic carbocycles. The average Bonchev–Trinajstić information content (AvgIpc) is 2.54. The summed E-state index contributed by atoms with van der Waals surface area (Å²) in [7, 11) is 0. The van der Waals surface area contributed by atoms with Crippen LogP contribution < -0.4 is 19.5 Å². The maximum absolute atomic E-state index is 12.2. The van der Waals surface area contributed by atoms with Crippen molar-refractivity contribution in [2.75, 3.05) is 18.5 Å². The van der Waals surface area contributed by atoms with Crippen LogP contribution in [0.15, 0.2) is 42.5 Å². The van der Waals surface area contributed by atoms with Crippen molar-refractivity contribution in [1.29, 1.82) is 0 Å². The Morgan fingerprint density at radius 1 is 1.17 bits per heavy atom. The summed E-state index contributed by atoms with van der Waals surface area (Å²) in [6, 6.07) is 12.2. The molecule has 0 aliphatic carbocycles. The quantitative estimate of drug-likeness (QED) is 0.930. The van der Waals surface area contributed by atoms with Gasteiger partial charge in [-0.1, -0.05) is 17.7 Å². The zero-order valence-electron chi connectivity index (χ0n) is 12.5. The van der Waals surface area contributed by atoms with E-state index in [1.807, 2.05) is 0 Å². The zero-order chi connectivity index (χ0) is 16.2. The van der Waals surface area contributed by atoms with Crippen molar-refractivity contribution in [1.82, 2.24) is 0 Å². The number of carbonyl (C=O) groups excluding carboxylic acids is 1. The Labute approximate surface area is 139 Å². The highest BCUT2D eigenvalue weighted by molar-refractivity contribution is 6.30. The van der Waals surface area contributed by atoms with Gasteiger partial charge in [-0.05, 0) is 37.3 Å². The normalized spacial score (nSPS) is 14.0. The third-order valence-electron chi connectivity index (χ3n) is 3.29. The molecular formula is C17H16ClNO4. The number of anilines is 1. The minimum Gasteiger partial charge on any atom is -0.486 e. The third kappa shape index (κ3) is 3.87. The van der Waals surface area contributed by atoms with E-state index in [1.54, 1.807) is 49.4 Å². The molecule has 0 radical (unpaired) electrons. The number of hydrogen-bond donors (Lipinski definition) is 1. The summed E-state index contributed by atoms with van der Waals surface area (Å²) >= 11 is 5.90. The lowest BCUT2D eigenvalue weighted by atomic mass is 10.2. The molecule has 1 aliphatic rings. The molecule has 23 heavy (non-hydrogen) atoms. The fourth-order valence-corrected chi connectivity index (χ4v) is 2.34. The van der Waals surface area contributed by atoms with Crippen molar-refractivity contribution in [3.8, 4) is 17.2 Å². The molecule has 0 aromatic heterocycles. The van der Waals surface area contributed by atoms with Crippen LogP contribution in [0.25, 0.3) is 0 Å². The summed E-state index contributed by atoms with van der Waals surface area (Å²) in [5.74, 6) is 1.58. The summed E-state index contributed by atoms with van der Waals surface area (Å²) in [6.07, 6.45) is -0.665. The van der Waals surface area contributed by atoms with Crippen molar-refractivity contribution in [3.63, 3.8) is 0 Å². The summed E-state index contributed by atoms with van der Waals surface area (Å²) in [4.78, 5) is 12.2. The standard InChI is InChI=1S/C17H16ClNO4/c1-11(23-14-4-2-3-12(18)9-14)17(20)19-13-5-6-15-16(10-13)22-8-7-21-15/h2-6,9-11H,7-8H2,1H3,(H,19,20). The second-order valence-corrected chi connectivity index (χ2v) is 5.50. The van der Waals surface area contributed by atoms with Gasteiger partial charge in [0, 0.05) is 16.8 Å². The van der Waals surface area contributed by atoms with Crippen molar-refractivity contribution in [3.05, 3.63) is 47.5 Å². The minimum atomic E-state index is -0.665. The molecule has 0 fully saturated rings. The smallest absolute Gasteiger partial charge is 0.265 e. The zero-order valence-corrected chi connectivity index (χ0v) is 13.3. The van der Waals surface area contributed by atoms with Crippen molar-refractivity contribution in [2.24, 2.45) is 0 Å². The molecule has 0 saturated carbocycles. The minimum absolute atomic E-state index is 0.262. The lowest BCUT2D eigenvalue weighted by Crippen LogP contribution is -2.30. The molecule has 5 nitrogen and oxygen atoms in total. The van der Waals surface area contributed by atoms with E-state index in [1.165, 1.54) is 0 Å². The SMILES string of the molecule is CC(Oc1cccc(Cl)c1)C(=O)Nc1ccc2c(c1)OCCO2. The highest BCUT2D eigenvalue weighted by Crippen LogP contribution is 2.32. The van der Waals surface area contributed by atoms with Crippen LogP contribution in [0.3, 0.4) is 0 Å².